The van der Waals surface area contributed by atoms with E-state index in [0.717, 1.165) is 31.2 Å². The lowest BCUT2D eigenvalue weighted by Gasteiger charge is -2.36. The van der Waals surface area contributed by atoms with Crippen LogP contribution in [0, 0.1) is 0 Å². The molecule has 6 heteroatoms. The van der Waals surface area contributed by atoms with Crippen molar-refractivity contribution in [2.45, 2.75) is 12.6 Å². The van der Waals surface area contributed by atoms with Gasteiger partial charge in [-0.3, -0.25) is 9.69 Å². The number of halogens is 2. The van der Waals surface area contributed by atoms with Crippen LogP contribution in [0.5, 0.6) is 0 Å². The van der Waals surface area contributed by atoms with Gasteiger partial charge in [0.1, 0.15) is 0 Å². The maximum atomic E-state index is 11.6. The summed E-state index contributed by atoms with van der Waals surface area (Å²) in [6.07, 6.45) is 0. The van der Waals surface area contributed by atoms with Crippen LogP contribution in [0.1, 0.15) is 27.5 Å². The Hall–Kier alpha value is -1.59. The van der Waals surface area contributed by atoms with Crippen LogP contribution >= 0.6 is 24.0 Å². The summed E-state index contributed by atoms with van der Waals surface area (Å²) in [7, 11) is 1.65. The van der Waals surface area contributed by atoms with Crippen LogP contribution in [-0.4, -0.2) is 37.5 Å². The number of rotatable bonds is 4. The highest BCUT2D eigenvalue weighted by molar-refractivity contribution is 6.30. The first-order chi connectivity index (χ1) is 11.7. The molecule has 1 amide bonds. The van der Waals surface area contributed by atoms with Crippen molar-refractivity contribution >= 4 is 29.9 Å². The summed E-state index contributed by atoms with van der Waals surface area (Å²) in [5.41, 5.74) is 3.13. The molecule has 1 atom stereocenters. The molecule has 2 aromatic rings. The first kappa shape index (κ1) is 19.7. The molecule has 1 aliphatic rings. The Morgan fingerprint density at radius 3 is 2.72 bits per heavy atom. The fraction of sp³-hybridized carbons (Fsp3) is 0.316. The van der Waals surface area contributed by atoms with E-state index in [1.54, 1.807) is 7.05 Å². The molecule has 134 valence electrons. The molecule has 0 saturated carbocycles. The van der Waals surface area contributed by atoms with E-state index in [1.165, 1.54) is 11.1 Å². The molecule has 0 aliphatic carbocycles. The van der Waals surface area contributed by atoms with E-state index >= 15 is 0 Å². The molecule has 0 spiro atoms. The van der Waals surface area contributed by atoms with Gasteiger partial charge in [-0.05, 0) is 35.4 Å². The Balaban J connectivity index is 0.00000225. The zero-order valence-corrected chi connectivity index (χ0v) is 15.7. The van der Waals surface area contributed by atoms with E-state index in [4.69, 9.17) is 11.6 Å². The van der Waals surface area contributed by atoms with Crippen molar-refractivity contribution in [2.24, 2.45) is 0 Å². The largest absolute Gasteiger partial charge is 0.355 e. The standard InChI is InChI=1S/C19H22ClN3O.ClH/c1-21-19(24)15-7-5-14(6-8-15)13-23-10-9-22-12-18(23)16-3-2-4-17(20)11-16;/h2-8,11,18,22H,9-10,12-13H2,1H3,(H,21,24);1H. The summed E-state index contributed by atoms with van der Waals surface area (Å²) in [4.78, 5) is 14.1. The zero-order chi connectivity index (χ0) is 16.9. The number of nitrogens with zero attached hydrogens (tertiary/aromatic N) is 1. The quantitative estimate of drug-likeness (QED) is 0.856. The highest BCUT2D eigenvalue weighted by Gasteiger charge is 2.23. The van der Waals surface area contributed by atoms with Gasteiger partial charge < -0.3 is 10.6 Å². The third-order valence-corrected chi connectivity index (χ3v) is 4.65. The predicted octanol–water partition coefficient (Wildman–Crippen LogP) is 3.27. The van der Waals surface area contributed by atoms with E-state index in [0.29, 0.717) is 11.6 Å². The van der Waals surface area contributed by atoms with Crippen LogP contribution in [0.3, 0.4) is 0 Å². The molecular weight excluding hydrogens is 357 g/mol. The van der Waals surface area contributed by atoms with Gasteiger partial charge in [0.25, 0.3) is 5.91 Å². The molecule has 0 aromatic heterocycles. The van der Waals surface area contributed by atoms with Gasteiger partial charge in [0, 0.05) is 49.9 Å². The number of benzene rings is 2. The highest BCUT2D eigenvalue weighted by Crippen LogP contribution is 2.26. The Kier molecular flexibility index (Phi) is 7.26. The lowest BCUT2D eigenvalue weighted by Crippen LogP contribution is -2.45. The molecule has 1 heterocycles. The lowest BCUT2D eigenvalue weighted by molar-refractivity contribution is 0.0963. The third kappa shape index (κ3) is 4.95. The normalized spacial score (nSPS) is 17.6. The van der Waals surface area contributed by atoms with Crippen molar-refractivity contribution in [3.05, 3.63) is 70.2 Å². The molecular formula is C19H23Cl2N3O. The second-order valence-electron chi connectivity index (χ2n) is 6.02. The van der Waals surface area contributed by atoms with E-state index < -0.39 is 0 Å². The molecule has 0 bridgehead atoms. The minimum absolute atomic E-state index is 0. The molecule has 1 fully saturated rings. The average molecular weight is 380 g/mol. The van der Waals surface area contributed by atoms with Gasteiger partial charge in [-0.2, -0.15) is 0 Å². The zero-order valence-electron chi connectivity index (χ0n) is 14.2. The number of amides is 1. The van der Waals surface area contributed by atoms with Crippen molar-refractivity contribution < 1.29 is 4.79 Å². The summed E-state index contributed by atoms with van der Waals surface area (Å²) in [5, 5.41) is 6.88. The average Bonchev–Trinajstić information content (AvgIpc) is 2.62. The van der Waals surface area contributed by atoms with Crippen LogP contribution in [0.2, 0.25) is 5.02 Å². The monoisotopic (exact) mass is 379 g/mol. The number of hydrogen-bond acceptors (Lipinski definition) is 3. The van der Waals surface area contributed by atoms with E-state index in [2.05, 4.69) is 21.6 Å². The van der Waals surface area contributed by atoms with Crippen LogP contribution < -0.4 is 10.6 Å². The van der Waals surface area contributed by atoms with Crippen LogP contribution in [0.25, 0.3) is 0 Å². The molecule has 2 aromatic carbocycles. The summed E-state index contributed by atoms with van der Waals surface area (Å²) >= 11 is 6.16. The summed E-state index contributed by atoms with van der Waals surface area (Å²) < 4.78 is 0. The first-order valence-corrected chi connectivity index (χ1v) is 8.56. The van der Waals surface area contributed by atoms with Crippen molar-refractivity contribution in [2.75, 3.05) is 26.7 Å². The Labute approximate surface area is 160 Å². The second kappa shape index (κ2) is 9.20. The number of piperazine rings is 1. The fourth-order valence-corrected chi connectivity index (χ4v) is 3.32. The maximum absolute atomic E-state index is 11.6. The molecule has 1 saturated heterocycles. The summed E-state index contributed by atoms with van der Waals surface area (Å²) in [6.45, 7) is 3.73. The molecule has 25 heavy (non-hydrogen) atoms. The van der Waals surface area contributed by atoms with Crippen molar-refractivity contribution in [1.29, 1.82) is 0 Å². The topological polar surface area (TPSA) is 44.4 Å². The second-order valence-corrected chi connectivity index (χ2v) is 6.46. The molecule has 3 rings (SSSR count). The molecule has 4 nitrogen and oxygen atoms in total. The van der Waals surface area contributed by atoms with Crippen molar-refractivity contribution in [3.63, 3.8) is 0 Å². The Morgan fingerprint density at radius 2 is 2.04 bits per heavy atom. The van der Waals surface area contributed by atoms with Gasteiger partial charge in [0.05, 0.1) is 0 Å². The maximum Gasteiger partial charge on any atom is 0.251 e. The van der Waals surface area contributed by atoms with Crippen LogP contribution in [0.15, 0.2) is 48.5 Å². The van der Waals surface area contributed by atoms with Crippen molar-refractivity contribution in [1.82, 2.24) is 15.5 Å². The third-order valence-electron chi connectivity index (χ3n) is 4.42. The van der Waals surface area contributed by atoms with Crippen molar-refractivity contribution in [3.8, 4) is 0 Å². The molecule has 1 unspecified atom stereocenters. The minimum atomic E-state index is -0.0551. The Morgan fingerprint density at radius 1 is 1.28 bits per heavy atom. The number of hydrogen-bond donors (Lipinski definition) is 2. The first-order valence-electron chi connectivity index (χ1n) is 8.18. The van der Waals surface area contributed by atoms with E-state index in [1.807, 2.05) is 42.5 Å². The van der Waals surface area contributed by atoms with Gasteiger partial charge >= 0.3 is 0 Å². The predicted molar refractivity (Wildman–Crippen MR) is 105 cm³/mol. The fourth-order valence-electron chi connectivity index (χ4n) is 3.12. The van der Waals surface area contributed by atoms with E-state index in [-0.39, 0.29) is 18.3 Å². The van der Waals surface area contributed by atoms with Gasteiger partial charge in [-0.25, -0.2) is 0 Å². The van der Waals surface area contributed by atoms with Gasteiger partial charge in [0.2, 0.25) is 0 Å². The smallest absolute Gasteiger partial charge is 0.251 e. The number of carbonyl (C=O) groups is 1. The number of carbonyl (C=O) groups excluding carboxylic acids is 1. The molecule has 2 N–H and O–H groups in total. The molecule has 1 aliphatic heterocycles. The highest BCUT2D eigenvalue weighted by atomic mass is 35.5. The van der Waals surface area contributed by atoms with Crippen LogP contribution in [-0.2, 0) is 6.54 Å². The van der Waals surface area contributed by atoms with Gasteiger partial charge in [0.15, 0.2) is 0 Å². The summed E-state index contributed by atoms with van der Waals surface area (Å²) in [5.74, 6) is -0.0551. The van der Waals surface area contributed by atoms with E-state index in [9.17, 15) is 4.79 Å². The molecule has 0 radical (unpaired) electrons. The lowest BCUT2D eigenvalue weighted by atomic mass is 10.0. The SMILES string of the molecule is CNC(=O)c1ccc(CN2CCNCC2c2cccc(Cl)c2)cc1.Cl. The van der Waals surface area contributed by atoms with Gasteiger partial charge in [-0.1, -0.05) is 35.9 Å². The Bertz CT molecular complexity index is 706. The minimum Gasteiger partial charge on any atom is -0.355 e. The van der Waals surface area contributed by atoms with Crippen LogP contribution in [0.4, 0.5) is 0 Å². The summed E-state index contributed by atoms with van der Waals surface area (Å²) in [6, 6.07) is 16.2. The van der Waals surface area contributed by atoms with Gasteiger partial charge in [-0.15, -0.1) is 12.4 Å². The number of nitrogens with one attached hydrogen (secondary N) is 2.